The van der Waals surface area contributed by atoms with Crippen LogP contribution in [-0.2, 0) is 9.59 Å². The molecule has 2 amide bonds. The van der Waals surface area contributed by atoms with Crippen LogP contribution >= 0.6 is 11.8 Å². The molecule has 2 N–H and O–H groups in total. The third kappa shape index (κ3) is 5.20. The highest BCUT2D eigenvalue weighted by molar-refractivity contribution is 8.15. The van der Waals surface area contributed by atoms with E-state index >= 15 is 0 Å². The van der Waals surface area contributed by atoms with Crippen molar-refractivity contribution in [3.8, 4) is 5.75 Å². The highest BCUT2D eigenvalue weighted by atomic mass is 32.2. The monoisotopic (exact) mass is 396 g/mol. The number of nitrogens with zero attached hydrogens (tertiary/aromatic N) is 2. The van der Waals surface area contributed by atoms with Gasteiger partial charge in [-0.15, -0.1) is 5.10 Å². The van der Waals surface area contributed by atoms with E-state index in [-0.39, 0.29) is 18.2 Å². The number of carbonyl (C=O) groups excluding carboxylic acids is 2. The molecule has 1 atom stereocenters. The van der Waals surface area contributed by atoms with Crippen LogP contribution in [0.1, 0.15) is 17.5 Å². The summed E-state index contributed by atoms with van der Waals surface area (Å²) in [5, 5.41) is 13.3. The average molecular weight is 396 g/mol. The van der Waals surface area contributed by atoms with Gasteiger partial charge in [0.2, 0.25) is 11.8 Å². The molecule has 0 saturated carbocycles. The minimum Gasteiger partial charge on any atom is -0.497 e. The Morgan fingerprint density at radius 1 is 1.25 bits per heavy atom. The zero-order chi connectivity index (χ0) is 19.9. The molecule has 0 radical (unpaired) electrons. The number of rotatable bonds is 6. The van der Waals surface area contributed by atoms with E-state index in [0.29, 0.717) is 5.17 Å². The molecular weight excluding hydrogens is 376 g/mol. The smallest absolute Gasteiger partial charge is 0.240 e. The second-order valence-corrected chi connectivity index (χ2v) is 7.28. The molecule has 8 heteroatoms. The lowest BCUT2D eigenvalue weighted by atomic mass is 10.2. The van der Waals surface area contributed by atoms with Gasteiger partial charge < -0.3 is 15.4 Å². The van der Waals surface area contributed by atoms with Crippen LogP contribution in [0.5, 0.6) is 5.75 Å². The molecule has 0 aromatic heterocycles. The Hall–Kier alpha value is -3.13. The van der Waals surface area contributed by atoms with Crippen molar-refractivity contribution in [3.05, 3.63) is 59.7 Å². The molecule has 7 nitrogen and oxygen atoms in total. The Morgan fingerprint density at radius 3 is 2.71 bits per heavy atom. The number of hydrogen-bond acceptors (Lipinski definition) is 6. The Bertz CT molecular complexity index is 925. The van der Waals surface area contributed by atoms with Gasteiger partial charge in [0.1, 0.15) is 11.0 Å². The van der Waals surface area contributed by atoms with Crippen LogP contribution in [0.2, 0.25) is 0 Å². The van der Waals surface area contributed by atoms with Crippen molar-refractivity contribution in [3.63, 3.8) is 0 Å². The fraction of sp³-hybridized carbons (Fsp3) is 0.200. The Kier molecular flexibility index (Phi) is 6.44. The maximum atomic E-state index is 12.2. The van der Waals surface area contributed by atoms with Crippen LogP contribution in [-0.4, -0.2) is 35.6 Å². The maximum Gasteiger partial charge on any atom is 0.240 e. The maximum absolute atomic E-state index is 12.2. The van der Waals surface area contributed by atoms with E-state index in [0.717, 1.165) is 22.6 Å². The van der Waals surface area contributed by atoms with Gasteiger partial charge in [-0.3, -0.25) is 9.59 Å². The molecule has 1 aliphatic rings. The predicted octanol–water partition coefficient (Wildman–Crippen LogP) is 2.95. The topological polar surface area (TPSA) is 92.2 Å². The average Bonchev–Trinajstić information content (AvgIpc) is 3.03. The van der Waals surface area contributed by atoms with E-state index in [1.807, 2.05) is 55.5 Å². The van der Waals surface area contributed by atoms with Crippen molar-refractivity contribution in [1.82, 2.24) is 5.32 Å². The molecule has 1 fully saturated rings. The number of nitrogens with one attached hydrogen (secondary N) is 2. The number of amides is 2. The molecule has 2 aromatic carbocycles. The first-order valence-corrected chi connectivity index (χ1v) is 9.51. The van der Waals surface area contributed by atoms with E-state index in [9.17, 15) is 9.59 Å². The number of thioether (sulfide) groups is 1. The molecule has 2 aromatic rings. The summed E-state index contributed by atoms with van der Waals surface area (Å²) in [5.74, 6) is 0.294. The standard InChI is InChI=1S/C20H20N4O3S/c1-13-5-3-4-6-16(13)22-18(25)11-17-19(26)23-20(28-17)24-21-12-14-7-9-15(27-2)10-8-14/h3-10,12,17H,11H2,1-2H3,(H,22,25)(H,23,24,26)/b21-12-/t17-/m1/s1. The molecule has 1 heterocycles. The Labute approximate surface area is 167 Å². The van der Waals surface area contributed by atoms with E-state index in [1.165, 1.54) is 11.8 Å². The molecule has 3 rings (SSSR count). The highest BCUT2D eigenvalue weighted by Crippen LogP contribution is 2.23. The van der Waals surface area contributed by atoms with Gasteiger partial charge in [-0.05, 0) is 48.4 Å². The van der Waals surface area contributed by atoms with E-state index in [2.05, 4.69) is 20.8 Å². The van der Waals surface area contributed by atoms with Crippen molar-refractivity contribution in [1.29, 1.82) is 0 Å². The Balaban J connectivity index is 1.55. The van der Waals surface area contributed by atoms with Gasteiger partial charge in [-0.1, -0.05) is 30.0 Å². The summed E-state index contributed by atoms with van der Waals surface area (Å²) >= 11 is 1.20. The molecule has 1 saturated heterocycles. The third-order valence-corrected chi connectivity index (χ3v) is 5.11. The van der Waals surface area contributed by atoms with Gasteiger partial charge in [0.25, 0.3) is 0 Å². The van der Waals surface area contributed by atoms with E-state index < -0.39 is 5.25 Å². The highest BCUT2D eigenvalue weighted by Gasteiger charge is 2.32. The van der Waals surface area contributed by atoms with Gasteiger partial charge in [-0.2, -0.15) is 5.10 Å². The van der Waals surface area contributed by atoms with Crippen LogP contribution in [0.25, 0.3) is 0 Å². The summed E-state index contributed by atoms with van der Waals surface area (Å²) in [4.78, 5) is 24.3. The molecule has 1 aliphatic heterocycles. The van der Waals surface area contributed by atoms with Gasteiger partial charge in [0.05, 0.1) is 13.3 Å². The molecular formula is C20H20N4O3S. The summed E-state index contributed by atoms with van der Waals surface area (Å²) in [6.07, 6.45) is 1.64. The summed E-state index contributed by atoms with van der Waals surface area (Å²) in [6.45, 7) is 1.91. The lowest BCUT2D eigenvalue weighted by Gasteiger charge is -2.09. The number of hydrogen-bond donors (Lipinski definition) is 2. The zero-order valence-corrected chi connectivity index (χ0v) is 16.3. The van der Waals surface area contributed by atoms with Crippen molar-refractivity contribution in [2.24, 2.45) is 10.2 Å². The largest absolute Gasteiger partial charge is 0.497 e. The number of methoxy groups -OCH3 is 1. The fourth-order valence-corrected chi connectivity index (χ4v) is 3.43. The fourth-order valence-electron chi connectivity index (χ4n) is 2.51. The predicted molar refractivity (Wildman–Crippen MR) is 112 cm³/mol. The molecule has 28 heavy (non-hydrogen) atoms. The minimum atomic E-state index is -0.529. The van der Waals surface area contributed by atoms with Crippen LogP contribution in [0, 0.1) is 6.92 Å². The van der Waals surface area contributed by atoms with Crippen molar-refractivity contribution in [2.75, 3.05) is 12.4 Å². The zero-order valence-electron chi connectivity index (χ0n) is 15.5. The van der Waals surface area contributed by atoms with Crippen LogP contribution < -0.4 is 15.4 Å². The normalized spacial score (nSPS) is 17.7. The number of para-hydroxylation sites is 1. The van der Waals surface area contributed by atoms with Gasteiger partial charge in [-0.25, -0.2) is 0 Å². The van der Waals surface area contributed by atoms with E-state index in [1.54, 1.807) is 13.3 Å². The van der Waals surface area contributed by atoms with Gasteiger partial charge >= 0.3 is 0 Å². The van der Waals surface area contributed by atoms with Gasteiger partial charge in [0.15, 0.2) is 5.17 Å². The van der Waals surface area contributed by atoms with Crippen molar-refractivity contribution < 1.29 is 14.3 Å². The second kappa shape index (κ2) is 9.18. The van der Waals surface area contributed by atoms with Crippen molar-refractivity contribution >= 4 is 40.6 Å². The Morgan fingerprint density at radius 2 is 2.00 bits per heavy atom. The number of amidine groups is 1. The van der Waals surface area contributed by atoms with Crippen LogP contribution in [0.3, 0.4) is 0 Å². The summed E-state index contributed by atoms with van der Waals surface area (Å²) in [6, 6.07) is 14.8. The quantitative estimate of drug-likeness (QED) is 0.580. The van der Waals surface area contributed by atoms with E-state index in [4.69, 9.17) is 4.74 Å². The summed E-state index contributed by atoms with van der Waals surface area (Å²) in [5.41, 5.74) is 2.57. The third-order valence-electron chi connectivity index (χ3n) is 4.04. The van der Waals surface area contributed by atoms with Gasteiger partial charge in [0, 0.05) is 12.1 Å². The first kappa shape index (κ1) is 19.6. The van der Waals surface area contributed by atoms with Crippen LogP contribution in [0.4, 0.5) is 5.69 Å². The van der Waals surface area contributed by atoms with Crippen LogP contribution in [0.15, 0.2) is 58.7 Å². The number of benzene rings is 2. The van der Waals surface area contributed by atoms with Crippen molar-refractivity contribution in [2.45, 2.75) is 18.6 Å². The SMILES string of the molecule is COc1ccc(/C=N\N=C2/NC(=O)[C@@H](CC(=O)Nc3ccccc3C)S2)cc1. The molecule has 0 spiro atoms. The summed E-state index contributed by atoms with van der Waals surface area (Å²) in [7, 11) is 1.60. The summed E-state index contributed by atoms with van der Waals surface area (Å²) < 4.78 is 5.10. The number of carbonyl (C=O) groups is 2. The number of anilines is 1. The second-order valence-electron chi connectivity index (χ2n) is 6.09. The number of ether oxygens (including phenoxy) is 1. The molecule has 144 valence electrons. The molecule has 0 aliphatic carbocycles. The number of aryl methyl sites for hydroxylation is 1. The minimum absolute atomic E-state index is 0.0616. The lowest BCUT2D eigenvalue weighted by Crippen LogP contribution is -2.28. The molecule has 0 bridgehead atoms. The first-order valence-electron chi connectivity index (χ1n) is 8.63. The molecule has 0 unspecified atom stereocenters. The first-order chi connectivity index (χ1) is 13.5. The lowest BCUT2D eigenvalue weighted by molar-refractivity contribution is -0.122.